The number of para-hydroxylation sites is 4. The largest absolute Gasteiger partial charge is 0.496 e. The number of amides is 1. The van der Waals surface area contributed by atoms with Crippen LogP contribution in [0.15, 0.2) is 72.8 Å². The van der Waals surface area contributed by atoms with Crippen LogP contribution in [0.4, 0.5) is 0 Å². The number of rotatable bonds is 15. The smallest absolute Gasteiger partial charge is 0.255 e. The monoisotopic (exact) mass is 527 g/mol. The summed E-state index contributed by atoms with van der Waals surface area (Å²) in [4.78, 5) is 17.4. The normalized spacial score (nSPS) is 11.2. The van der Waals surface area contributed by atoms with Crippen molar-refractivity contribution >= 4 is 16.9 Å². The van der Waals surface area contributed by atoms with Crippen molar-refractivity contribution in [2.75, 3.05) is 20.3 Å². The first-order chi connectivity index (χ1) is 19.1. The van der Waals surface area contributed by atoms with E-state index in [1.54, 1.807) is 19.2 Å². The maximum absolute atomic E-state index is 12.5. The fraction of sp³-hybridized carbons (Fsp3) is 0.394. The van der Waals surface area contributed by atoms with Gasteiger partial charge in [0.1, 0.15) is 17.3 Å². The summed E-state index contributed by atoms with van der Waals surface area (Å²) in [5.41, 5.74) is 4.09. The Balaban J connectivity index is 1.23. The zero-order chi connectivity index (χ0) is 27.5. The SMILES string of the molecule is COc1ccccc1C(=O)NCCCCCc1nc2ccccc2n1CCCCOc1ccccc1C(C)C. The van der Waals surface area contributed by atoms with Crippen molar-refractivity contribution in [3.8, 4) is 11.5 Å². The van der Waals surface area contributed by atoms with Gasteiger partial charge < -0.3 is 19.4 Å². The predicted octanol–water partition coefficient (Wildman–Crippen LogP) is 7.17. The number of ether oxygens (including phenoxy) is 2. The van der Waals surface area contributed by atoms with Crippen LogP contribution in [0.2, 0.25) is 0 Å². The van der Waals surface area contributed by atoms with E-state index in [4.69, 9.17) is 14.5 Å². The number of hydrogen-bond donors (Lipinski definition) is 1. The standard InChI is InChI=1S/C33H41N3O3/c1-25(2)26-15-6-11-20-31(26)39-24-14-13-23-36-29-18-9-8-17-28(29)35-32(36)21-5-4-12-22-34-33(37)27-16-7-10-19-30(27)38-3/h6-11,15-20,25H,4-5,12-14,21-24H2,1-3H3,(H,34,37). The molecule has 0 saturated carbocycles. The minimum atomic E-state index is -0.0917. The summed E-state index contributed by atoms with van der Waals surface area (Å²) in [5.74, 6) is 3.09. The number of benzene rings is 3. The summed E-state index contributed by atoms with van der Waals surface area (Å²) in [6, 6.07) is 24.0. The predicted molar refractivity (Wildman–Crippen MR) is 158 cm³/mol. The summed E-state index contributed by atoms with van der Waals surface area (Å²) >= 11 is 0. The lowest BCUT2D eigenvalue weighted by Gasteiger charge is -2.14. The molecule has 0 unspecified atom stereocenters. The second kappa shape index (κ2) is 14.4. The molecular formula is C33H41N3O3. The number of fused-ring (bicyclic) bond motifs is 1. The van der Waals surface area contributed by atoms with E-state index in [1.165, 1.54) is 11.1 Å². The van der Waals surface area contributed by atoms with E-state index in [9.17, 15) is 4.79 Å². The maximum atomic E-state index is 12.5. The molecule has 4 aromatic rings. The van der Waals surface area contributed by atoms with Gasteiger partial charge in [-0.25, -0.2) is 4.98 Å². The van der Waals surface area contributed by atoms with Gasteiger partial charge in [0, 0.05) is 19.5 Å². The number of aryl methyl sites for hydroxylation is 2. The van der Waals surface area contributed by atoms with Gasteiger partial charge in [0.05, 0.1) is 30.3 Å². The highest BCUT2D eigenvalue weighted by Gasteiger charge is 2.12. The van der Waals surface area contributed by atoms with Crippen molar-refractivity contribution in [3.05, 3.63) is 89.7 Å². The van der Waals surface area contributed by atoms with Crippen LogP contribution in [0.1, 0.15) is 73.6 Å². The Hall–Kier alpha value is -3.80. The molecule has 0 saturated heterocycles. The Morgan fingerprint density at radius 2 is 1.62 bits per heavy atom. The number of nitrogens with zero attached hydrogens (tertiary/aromatic N) is 2. The molecule has 1 heterocycles. The van der Waals surface area contributed by atoms with E-state index in [0.29, 0.717) is 30.4 Å². The Morgan fingerprint density at radius 3 is 2.44 bits per heavy atom. The van der Waals surface area contributed by atoms with Crippen molar-refractivity contribution in [1.29, 1.82) is 0 Å². The second-order valence-corrected chi connectivity index (χ2v) is 10.2. The average molecular weight is 528 g/mol. The number of hydrogen-bond acceptors (Lipinski definition) is 4. The van der Waals surface area contributed by atoms with Gasteiger partial charge >= 0.3 is 0 Å². The molecule has 0 aliphatic carbocycles. The summed E-state index contributed by atoms with van der Waals surface area (Å²) < 4.78 is 13.8. The van der Waals surface area contributed by atoms with Crippen molar-refractivity contribution in [2.24, 2.45) is 0 Å². The Morgan fingerprint density at radius 1 is 0.872 bits per heavy atom. The third-order valence-electron chi connectivity index (χ3n) is 7.02. The van der Waals surface area contributed by atoms with E-state index in [1.807, 2.05) is 24.3 Å². The van der Waals surface area contributed by atoms with Crippen LogP contribution in [-0.4, -0.2) is 35.7 Å². The molecule has 3 aromatic carbocycles. The lowest BCUT2D eigenvalue weighted by atomic mass is 10.0. The molecular weight excluding hydrogens is 486 g/mol. The lowest BCUT2D eigenvalue weighted by molar-refractivity contribution is 0.0950. The zero-order valence-corrected chi connectivity index (χ0v) is 23.5. The summed E-state index contributed by atoms with van der Waals surface area (Å²) in [7, 11) is 1.58. The van der Waals surface area contributed by atoms with Crippen LogP contribution in [0.5, 0.6) is 11.5 Å². The van der Waals surface area contributed by atoms with Gasteiger partial charge in [-0.3, -0.25) is 4.79 Å². The van der Waals surface area contributed by atoms with Crippen LogP contribution in [-0.2, 0) is 13.0 Å². The van der Waals surface area contributed by atoms with E-state index in [2.05, 4.69) is 60.1 Å². The maximum Gasteiger partial charge on any atom is 0.255 e. The number of methoxy groups -OCH3 is 1. The van der Waals surface area contributed by atoms with Crippen LogP contribution in [0.3, 0.4) is 0 Å². The van der Waals surface area contributed by atoms with Crippen LogP contribution in [0, 0.1) is 0 Å². The van der Waals surface area contributed by atoms with E-state index < -0.39 is 0 Å². The molecule has 39 heavy (non-hydrogen) atoms. The summed E-state index contributed by atoms with van der Waals surface area (Å²) in [6.07, 6.45) is 5.93. The van der Waals surface area contributed by atoms with Crippen LogP contribution < -0.4 is 14.8 Å². The topological polar surface area (TPSA) is 65.4 Å². The highest BCUT2D eigenvalue weighted by atomic mass is 16.5. The van der Waals surface area contributed by atoms with E-state index in [0.717, 1.165) is 62.2 Å². The number of carbonyl (C=O) groups is 1. The molecule has 0 spiro atoms. The van der Waals surface area contributed by atoms with Gasteiger partial charge in [-0.15, -0.1) is 0 Å². The minimum absolute atomic E-state index is 0.0917. The molecule has 0 aliphatic rings. The quantitative estimate of drug-likeness (QED) is 0.166. The second-order valence-electron chi connectivity index (χ2n) is 10.2. The lowest BCUT2D eigenvalue weighted by Crippen LogP contribution is -2.24. The first-order valence-electron chi connectivity index (χ1n) is 14.2. The Kier molecular flexibility index (Phi) is 10.4. The van der Waals surface area contributed by atoms with Gasteiger partial charge in [0.2, 0.25) is 0 Å². The molecule has 4 rings (SSSR count). The molecule has 0 fully saturated rings. The third-order valence-corrected chi connectivity index (χ3v) is 7.02. The number of unbranched alkanes of at least 4 members (excludes halogenated alkanes) is 3. The molecule has 0 radical (unpaired) electrons. The van der Waals surface area contributed by atoms with Crippen molar-refractivity contribution in [1.82, 2.24) is 14.9 Å². The number of imidazole rings is 1. The first-order valence-corrected chi connectivity index (χ1v) is 14.2. The van der Waals surface area contributed by atoms with Crippen LogP contribution >= 0.6 is 0 Å². The molecule has 0 aliphatic heterocycles. The molecule has 1 amide bonds. The van der Waals surface area contributed by atoms with Gasteiger partial charge in [0.25, 0.3) is 5.91 Å². The van der Waals surface area contributed by atoms with Crippen LogP contribution in [0.25, 0.3) is 11.0 Å². The summed E-state index contributed by atoms with van der Waals surface area (Å²) in [5, 5.41) is 3.01. The van der Waals surface area contributed by atoms with E-state index >= 15 is 0 Å². The fourth-order valence-corrected chi connectivity index (χ4v) is 4.92. The van der Waals surface area contributed by atoms with Gasteiger partial charge in [-0.05, 0) is 67.5 Å². The highest BCUT2D eigenvalue weighted by Crippen LogP contribution is 2.26. The van der Waals surface area contributed by atoms with Gasteiger partial charge in [-0.1, -0.05) is 62.7 Å². The molecule has 1 aromatic heterocycles. The van der Waals surface area contributed by atoms with Gasteiger partial charge in [-0.2, -0.15) is 0 Å². The Labute approximate surface area is 232 Å². The Bertz CT molecular complexity index is 1350. The molecule has 1 N–H and O–H groups in total. The molecule has 6 heteroatoms. The molecule has 206 valence electrons. The number of nitrogens with one attached hydrogen (secondary N) is 1. The zero-order valence-electron chi connectivity index (χ0n) is 23.5. The number of aromatic nitrogens is 2. The van der Waals surface area contributed by atoms with Crippen molar-refractivity contribution < 1.29 is 14.3 Å². The molecule has 6 nitrogen and oxygen atoms in total. The van der Waals surface area contributed by atoms with E-state index in [-0.39, 0.29) is 5.91 Å². The van der Waals surface area contributed by atoms with Crippen molar-refractivity contribution in [2.45, 2.75) is 64.8 Å². The average Bonchev–Trinajstić information content (AvgIpc) is 3.31. The summed E-state index contributed by atoms with van der Waals surface area (Å²) in [6.45, 7) is 6.69. The molecule has 0 atom stereocenters. The third kappa shape index (κ3) is 7.62. The van der Waals surface area contributed by atoms with Gasteiger partial charge in [0.15, 0.2) is 0 Å². The minimum Gasteiger partial charge on any atom is -0.496 e. The first kappa shape index (κ1) is 28.2. The number of carbonyl (C=O) groups excluding carboxylic acids is 1. The van der Waals surface area contributed by atoms with Crippen molar-refractivity contribution in [3.63, 3.8) is 0 Å². The highest BCUT2D eigenvalue weighted by molar-refractivity contribution is 5.96. The fourth-order valence-electron chi connectivity index (χ4n) is 4.92. The molecule has 0 bridgehead atoms.